The summed E-state index contributed by atoms with van der Waals surface area (Å²) in [5.41, 5.74) is 1.99. The van der Waals surface area contributed by atoms with Crippen molar-refractivity contribution in [3.05, 3.63) is 115 Å². The summed E-state index contributed by atoms with van der Waals surface area (Å²) in [5.74, 6) is -0.889. The molecule has 3 N–H and O–H groups in total. The van der Waals surface area contributed by atoms with Crippen LogP contribution in [0.5, 0.6) is 0 Å². The number of hydrogen-bond donors (Lipinski definition) is 3. The van der Waals surface area contributed by atoms with Gasteiger partial charge in [-0.15, -0.1) is 0 Å². The van der Waals surface area contributed by atoms with Crippen LogP contribution in [0.1, 0.15) is 28.8 Å². The van der Waals surface area contributed by atoms with Gasteiger partial charge in [0.25, 0.3) is 15.9 Å². The van der Waals surface area contributed by atoms with E-state index in [0.717, 1.165) is 27.2 Å². The van der Waals surface area contributed by atoms with E-state index in [-0.39, 0.29) is 24.5 Å². The molecule has 2 aromatic heterocycles. The maximum absolute atomic E-state index is 13.8. The number of β-amino-alcohol motifs (C(OH)–C–C–N with tert-alkyl or cyclic N) is 1. The van der Waals surface area contributed by atoms with Gasteiger partial charge >= 0.3 is 0 Å². The van der Waals surface area contributed by atoms with Crippen molar-refractivity contribution in [2.75, 3.05) is 13.1 Å². The highest BCUT2D eigenvalue weighted by Crippen LogP contribution is 2.21. The van der Waals surface area contributed by atoms with Gasteiger partial charge in [-0.2, -0.15) is 4.31 Å². The number of fused-ring (bicyclic) bond motifs is 2. The van der Waals surface area contributed by atoms with Gasteiger partial charge in [0, 0.05) is 42.9 Å². The van der Waals surface area contributed by atoms with Crippen LogP contribution >= 0.6 is 0 Å². The Hall–Kier alpha value is -4.71. The van der Waals surface area contributed by atoms with Gasteiger partial charge in [-0.05, 0) is 65.6 Å². The average Bonchev–Trinajstić information content (AvgIpc) is 3.25. The number of aliphatic hydroxyl groups is 1. The van der Waals surface area contributed by atoms with Crippen molar-refractivity contribution in [3.8, 4) is 0 Å². The van der Waals surface area contributed by atoms with Crippen molar-refractivity contribution >= 4 is 43.5 Å². The Balaban J connectivity index is 1.22. The largest absolute Gasteiger partial charge is 0.390 e. The van der Waals surface area contributed by atoms with Crippen LogP contribution in [0, 0.1) is 0 Å². The molecule has 3 atom stereocenters. The van der Waals surface area contributed by atoms with E-state index in [9.17, 15) is 23.1 Å². The van der Waals surface area contributed by atoms with Gasteiger partial charge < -0.3 is 15.7 Å². The lowest BCUT2D eigenvalue weighted by atomic mass is 9.99. The van der Waals surface area contributed by atoms with Crippen molar-refractivity contribution in [2.45, 2.75) is 42.5 Å². The third-order valence-corrected chi connectivity index (χ3v) is 9.87. The number of nitrogens with zero attached hydrogens (tertiary/aromatic N) is 3. The zero-order chi connectivity index (χ0) is 31.4. The summed E-state index contributed by atoms with van der Waals surface area (Å²) in [5, 5.41) is 19.7. The maximum atomic E-state index is 13.8. The standard InChI is InChI=1S/C34H33N5O5S/c40-31-22-39(45(43,44)32-11-3-4-16-36-32)18-6-10-29(31)37-34(42)30(20-23-12-13-24-7-1-2-8-25(24)19-23)38-33(41)27-14-15-28-26(21-27)9-5-17-35-28/h1-5,7-9,11-17,19,21,29-31,40H,6,10,18,20,22H2,(H,37,42)(H,38,41)/t29?,30-,31?/m0/s1. The lowest BCUT2D eigenvalue weighted by Gasteiger charge is -2.27. The fourth-order valence-corrected chi connectivity index (χ4v) is 7.11. The van der Waals surface area contributed by atoms with Gasteiger partial charge in [0.1, 0.15) is 6.04 Å². The molecule has 2 amide bonds. The second-order valence-electron chi connectivity index (χ2n) is 11.2. The predicted octanol–water partition coefficient (Wildman–Crippen LogP) is 3.45. The number of hydrogen-bond acceptors (Lipinski definition) is 7. The van der Waals surface area contributed by atoms with E-state index >= 15 is 0 Å². The molecule has 230 valence electrons. The Labute approximate surface area is 261 Å². The van der Waals surface area contributed by atoms with E-state index in [2.05, 4.69) is 20.6 Å². The van der Waals surface area contributed by atoms with Crippen LogP contribution in [0.2, 0.25) is 0 Å². The third kappa shape index (κ3) is 6.85. The second-order valence-corrected chi connectivity index (χ2v) is 13.1. The Morgan fingerprint density at radius 1 is 0.889 bits per heavy atom. The molecule has 0 spiro atoms. The van der Waals surface area contributed by atoms with E-state index in [0.29, 0.717) is 18.4 Å². The number of carbonyl (C=O) groups excluding carboxylic acids is 2. The number of amides is 2. The van der Waals surface area contributed by atoms with Gasteiger partial charge in [-0.3, -0.25) is 14.6 Å². The molecule has 6 rings (SSSR count). The zero-order valence-corrected chi connectivity index (χ0v) is 25.2. The molecule has 3 aromatic carbocycles. The van der Waals surface area contributed by atoms with Gasteiger partial charge in [0.05, 0.1) is 17.7 Å². The average molecular weight is 624 g/mol. The van der Waals surface area contributed by atoms with E-state index in [4.69, 9.17) is 0 Å². The van der Waals surface area contributed by atoms with E-state index in [1.165, 1.54) is 16.6 Å². The van der Waals surface area contributed by atoms with Crippen LogP contribution in [-0.4, -0.2) is 70.9 Å². The first-order valence-electron chi connectivity index (χ1n) is 14.8. The van der Waals surface area contributed by atoms with Crippen LogP contribution in [0.15, 0.2) is 108 Å². The molecule has 1 aliphatic heterocycles. The molecule has 45 heavy (non-hydrogen) atoms. The van der Waals surface area contributed by atoms with Crippen LogP contribution in [-0.2, 0) is 21.2 Å². The highest BCUT2D eigenvalue weighted by atomic mass is 32.2. The molecule has 0 radical (unpaired) electrons. The van der Waals surface area contributed by atoms with Crippen molar-refractivity contribution in [2.24, 2.45) is 0 Å². The number of rotatable bonds is 8. The van der Waals surface area contributed by atoms with Gasteiger partial charge in [-0.25, -0.2) is 13.4 Å². The lowest BCUT2D eigenvalue weighted by Crippen LogP contribution is -2.54. The van der Waals surface area contributed by atoms with Crippen molar-refractivity contribution in [3.63, 3.8) is 0 Å². The van der Waals surface area contributed by atoms with Crippen LogP contribution in [0.3, 0.4) is 0 Å². The molecule has 0 aliphatic carbocycles. The summed E-state index contributed by atoms with van der Waals surface area (Å²) >= 11 is 0. The molecule has 1 fully saturated rings. The minimum Gasteiger partial charge on any atom is -0.390 e. The SMILES string of the molecule is O=C(N[C@@H](Cc1ccc2ccccc2c1)C(=O)NC1CCCN(S(=O)(=O)c2ccccn2)CC1O)c1ccc2ncccc2c1. The number of carbonyl (C=O) groups is 2. The minimum absolute atomic E-state index is 0.0951. The highest BCUT2D eigenvalue weighted by molar-refractivity contribution is 7.89. The number of nitrogens with one attached hydrogen (secondary N) is 2. The van der Waals surface area contributed by atoms with Gasteiger partial charge in [0.15, 0.2) is 5.03 Å². The van der Waals surface area contributed by atoms with E-state index in [1.54, 1.807) is 42.6 Å². The van der Waals surface area contributed by atoms with Crippen molar-refractivity contribution in [1.82, 2.24) is 24.9 Å². The fourth-order valence-electron chi connectivity index (χ4n) is 5.68. The summed E-state index contributed by atoms with van der Waals surface area (Å²) in [6.07, 6.45) is 2.90. The summed E-state index contributed by atoms with van der Waals surface area (Å²) in [6.45, 7) is -0.0207. The first kappa shape index (κ1) is 30.3. The molecule has 11 heteroatoms. The topological polar surface area (TPSA) is 142 Å². The Morgan fingerprint density at radius 3 is 2.49 bits per heavy atom. The number of sulfonamides is 1. The number of aromatic nitrogens is 2. The second kappa shape index (κ2) is 13.1. The minimum atomic E-state index is -3.92. The van der Waals surface area contributed by atoms with Gasteiger partial charge in [0.2, 0.25) is 5.91 Å². The number of benzene rings is 3. The normalized spacial score (nSPS) is 18.2. The zero-order valence-electron chi connectivity index (χ0n) is 24.4. The first-order chi connectivity index (χ1) is 21.8. The maximum Gasteiger partial charge on any atom is 0.260 e. The molecular weight excluding hydrogens is 590 g/mol. The molecule has 5 aromatic rings. The Kier molecular flexibility index (Phi) is 8.83. The van der Waals surface area contributed by atoms with Gasteiger partial charge in [-0.1, -0.05) is 54.6 Å². The number of aliphatic hydroxyl groups excluding tert-OH is 1. The molecular formula is C34H33N5O5S. The Morgan fingerprint density at radius 2 is 1.67 bits per heavy atom. The monoisotopic (exact) mass is 623 g/mol. The van der Waals surface area contributed by atoms with Crippen LogP contribution in [0.25, 0.3) is 21.7 Å². The molecule has 1 saturated heterocycles. The summed E-state index contributed by atoms with van der Waals surface area (Å²) in [4.78, 5) is 35.6. The first-order valence-corrected chi connectivity index (χ1v) is 16.2. The Bertz CT molecular complexity index is 1950. The molecule has 3 heterocycles. The summed E-state index contributed by atoms with van der Waals surface area (Å²) in [6, 6.07) is 25.6. The lowest BCUT2D eigenvalue weighted by molar-refractivity contribution is -0.124. The summed E-state index contributed by atoms with van der Waals surface area (Å²) < 4.78 is 27.5. The van der Waals surface area contributed by atoms with Crippen LogP contribution < -0.4 is 10.6 Å². The molecule has 2 unspecified atom stereocenters. The third-order valence-electron chi connectivity index (χ3n) is 8.09. The molecule has 10 nitrogen and oxygen atoms in total. The van der Waals surface area contributed by atoms with E-state index in [1.807, 2.05) is 48.5 Å². The highest BCUT2D eigenvalue weighted by Gasteiger charge is 2.35. The van der Waals surface area contributed by atoms with E-state index < -0.39 is 40.0 Å². The molecule has 1 aliphatic rings. The fraction of sp³-hybridized carbons (Fsp3) is 0.235. The van der Waals surface area contributed by atoms with Crippen molar-refractivity contribution in [1.29, 1.82) is 0 Å². The summed E-state index contributed by atoms with van der Waals surface area (Å²) in [7, 11) is -3.92. The van der Waals surface area contributed by atoms with Crippen molar-refractivity contribution < 1.29 is 23.1 Å². The quantitative estimate of drug-likeness (QED) is 0.240. The van der Waals surface area contributed by atoms with Crippen LogP contribution in [0.4, 0.5) is 0 Å². The smallest absolute Gasteiger partial charge is 0.260 e. The molecule has 0 bridgehead atoms. The molecule has 0 saturated carbocycles. The number of pyridine rings is 2. The predicted molar refractivity (Wildman–Crippen MR) is 171 cm³/mol.